The largest absolute Gasteiger partial charge is 0.466 e. The second-order valence-electron chi connectivity index (χ2n) is 9.24. The minimum absolute atomic E-state index is 0. The molecule has 4 rings (SSSR count). The highest BCUT2D eigenvalue weighted by Crippen LogP contribution is 2.40. The van der Waals surface area contributed by atoms with E-state index in [0.717, 1.165) is 18.4 Å². The summed E-state index contributed by atoms with van der Waals surface area (Å²) in [5, 5.41) is 4.54. The minimum Gasteiger partial charge on any atom is -0.466 e. The monoisotopic (exact) mass is 549 g/mol. The number of ether oxygens (including phenoxy) is 1. The number of thioether (sulfide) groups is 1. The van der Waals surface area contributed by atoms with Crippen molar-refractivity contribution < 1.29 is 23.5 Å². The number of benzene rings is 1. The van der Waals surface area contributed by atoms with Crippen LogP contribution in [0, 0.1) is 11.7 Å². The molecule has 2 atom stereocenters. The Morgan fingerprint density at radius 1 is 1.22 bits per heavy atom. The van der Waals surface area contributed by atoms with Gasteiger partial charge >= 0.3 is 5.97 Å². The lowest BCUT2D eigenvalue weighted by Crippen LogP contribution is -2.43. The lowest BCUT2D eigenvalue weighted by Gasteiger charge is -2.38. The van der Waals surface area contributed by atoms with Crippen LogP contribution in [0.1, 0.15) is 56.8 Å². The van der Waals surface area contributed by atoms with Gasteiger partial charge in [0.25, 0.3) is 0 Å². The van der Waals surface area contributed by atoms with Crippen molar-refractivity contribution >= 4 is 47.1 Å². The summed E-state index contributed by atoms with van der Waals surface area (Å²) in [4.78, 5) is 39.0. The Bertz CT molecular complexity index is 1150. The van der Waals surface area contributed by atoms with Crippen molar-refractivity contribution in [2.24, 2.45) is 5.92 Å². The molecule has 2 fully saturated rings. The normalized spacial score (nSPS) is 19.8. The van der Waals surface area contributed by atoms with Crippen molar-refractivity contribution in [3.63, 3.8) is 0 Å². The molecule has 0 bridgehead atoms. The van der Waals surface area contributed by atoms with Gasteiger partial charge in [-0.15, -0.1) is 12.4 Å². The highest BCUT2D eigenvalue weighted by molar-refractivity contribution is 8.14. The number of piperidine rings is 1. The highest BCUT2D eigenvalue weighted by atomic mass is 35.5. The van der Waals surface area contributed by atoms with Crippen LogP contribution >= 0.6 is 24.2 Å². The molecule has 2 aromatic rings. The number of halogens is 2. The van der Waals surface area contributed by atoms with Crippen LogP contribution < -0.4 is 0 Å². The number of carbonyl (C=O) groups excluding carboxylic acids is 3. The van der Waals surface area contributed by atoms with E-state index < -0.39 is 6.04 Å². The van der Waals surface area contributed by atoms with Gasteiger partial charge in [0.05, 0.1) is 31.3 Å². The van der Waals surface area contributed by atoms with Gasteiger partial charge in [-0.3, -0.25) is 24.0 Å². The van der Waals surface area contributed by atoms with Gasteiger partial charge in [-0.1, -0.05) is 30.0 Å². The lowest BCUT2D eigenvalue weighted by molar-refractivity contribution is -0.143. The SMILES string of the molecule is CCOC(=O)CCn1ccc(C=C2CN(C(C(=O)C3CC3)c3ccccc3F)CC[C@H]2SC(C)=O)n1.Cl. The molecule has 10 heteroatoms. The Labute approximate surface area is 227 Å². The number of likely N-dealkylation sites (tertiary alicyclic amines) is 1. The fraction of sp³-hybridized carbons (Fsp3) is 0.481. The number of hydrogen-bond donors (Lipinski definition) is 0. The molecule has 200 valence electrons. The van der Waals surface area contributed by atoms with Crippen LogP contribution in [0.15, 0.2) is 42.1 Å². The van der Waals surface area contributed by atoms with Crippen LogP contribution in [0.5, 0.6) is 0 Å². The van der Waals surface area contributed by atoms with Crippen LogP contribution in [0.4, 0.5) is 4.39 Å². The maximum atomic E-state index is 14.8. The summed E-state index contributed by atoms with van der Waals surface area (Å²) in [5.74, 6) is -0.585. The van der Waals surface area contributed by atoms with E-state index in [9.17, 15) is 18.8 Å². The van der Waals surface area contributed by atoms with E-state index in [4.69, 9.17) is 4.74 Å². The zero-order valence-electron chi connectivity index (χ0n) is 21.1. The van der Waals surface area contributed by atoms with Gasteiger partial charge in [0, 0.05) is 42.9 Å². The van der Waals surface area contributed by atoms with Crippen molar-refractivity contribution in [2.75, 3.05) is 19.7 Å². The van der Waals surface area contributed by atoms with Crippen molar-refractivity contribution in [2.45, 2.75) is 57.4 Å². The molecule has 0 radical (unpaired) electrons. The third-order valence-electron chi connectivity index (χ3n) is 6.45. The number of hydrogen-bond acceptors (Lipinski definition) is 7. The zero-order valence-corrected chi connectivity index (χ0v) is 22.7. The third-order valence-corrected chi connectivity index (χ3v) is 7.60. The first-order chi connectivity index (χ1) is 17.4. The fourth-order valence-corrected chi connectivity index (χ4v) is 5.52. The van der Waals surface area contributed by atoms with Gasteiger partial charge in [-0.2, -0.15) is 5.10 Å². The number of esters is 1. The summed E-state index contributed by atoms with van der Waals surface area (Å²) in [5.41, 5.74) is 2.09. The molecular weight excluding hydrogens is 517 g/mol. The Kier molecular flexibility index (Phi) is 10.5. The molecule has 1 unspecified atom stereocenters. The zero-order chi connectivity index (χ0) is 25.7. The van der Waals surface area contributed by atoms with E-state index in [1.54, 1.807) is 42.9 Å². The first-order valence-corrected chi connectivity index (χ1v) is 13.3. The van der Waals surface area contributed by atoms with Crippen molar-refractivity contribution in [1.82, 2.24) is 14.7 Å². The minimum atomic E-state index is -0.646. The summed E-state index contributed by atoms with van der Waals surface area (Å²) in [6.07, 6.45) is 6.36. The Morgan fingerprint density at radius 3 is 2.65 bits per heavy atom. The van der Waals surface area contributed by atoms with Gasteiger partial charge in [0.15, 0.2) is 10.9 Å². The molecule has 1 saturated heterocycles. The number of rotatable bonds is 10. The first-order valence-electron chi connectivity index (χ1n) is 12.4. The van der Waals surface area contributed by atoms with E-state index >= 15 is 0 Å². The molecule has 0 amide bonds. The predicted octanol–water partition coefficient (Wildman–Crippen LogP) is 4.86. The van der Waals surface area contributed by atoms with Gasteiger partial charge in [0.2, 0.25) is 0 Å². The van der Waals surface area contributed by atoms with Crippen molar-refractivity contribution in [1.29, 1.82) is 0 Å². The summed E-state index contributed by atoms with van der Waals surface area (Å²) in [6.45, 7) is 5.11. The summed E-state index contributed by atoms with van der Waals surface area (Å²) >= 11 is 1.28. The van der Waals surface area contributed by atoms with Crippen LogP contribution in [0.3, 0.4) is 0 Å². The Balaban J connectivity index is 0.00000380. The van der Waals surface area contributed by atoms with Crippen LogP contribution in [0.2, 0.25) is 0 Å². The predicted molar refractivity (Wildman–Crippen MR) is 144 cm³/mol. The average molecular weight is 550 g/mol. The molecule has 1 aromatic carbocycles. The molecule has 2 aliphatic rings. The van der Waals surface area contributed by atoms with Crippen molar-refractivity contribution in [3.05, 3.63) is 59.2 Å². The number of ketones is 1. The van der Waals surface area contributed by atoms with Crippen LogP contribution in [0.25, 0.3) is 6.08 Å². The standard InChI is InChI=1S/C27H32FN3O4S.ClH/c1-3-35-25(33)12-15-31-14-10-21(29-31)16-20-17-30(13-11-24(20)36-18(2)32)26(27(34)19-8-9-19)22-6-4-5-7-23(22)28;/h4-7,10,14,16,19,24,26H,3,8-9,11-13,15,17H2,1-2H3;1H/t24-,26?;/m1./s1. The van der Waals surface area contributed by atoms with Gasteiger partial charge in [0.1, 0.15) is 5.82 Å². The quantitative estimate of drug-likeness (QED) is 0.392. The highest BCUT2D eigenvalue weighted by Gasteiger charge is 2.41. The molecule has 1 saturated carbocycles. The first kappa shape index (κ1) is 29.1. The smallest absolute Gasteiger partial charge is 0.307 e. The van der Waals surface area contributed by atoms with E-state index in [1.807, 2.05) is 17.0 Å². The van der Waals surface area contributed by atoms with Crippen molar-refractivity contribution in [3.8, 4) is 0 Å². The number of nitrogens with zero attached hydrogens (tertiary/aromatic N) is 3. The topological polar surface area (TPSA) is 81.5 Å². The number of aromatic nitrogens is 2. The second-order valence-corrected chi connectivity index (χ2v) is 10.6. The van der Waals surface area contributed by atoms with Gasteiger partial charge < -0.3 is 4.74 Å². The molecule has 1 aromatic heterocycles. The third kappa shape index (κ3) is 7.75. The molecule has 0 spiro atoms. The van der Waals surface area contributed by atoms with E-state index in [-0.39, 0.29) is 52.7 Å². The molecular formula is C27H33ClFN3O4S. The van der Waals surface area contributed by atoms with E-state index in [1.165, 1.54) is 17.8 Å². The maximum absolute atomic E-state index is 14.8. The molecule has 37 heavy (non-hydrogen) atoms. The maximum Gasteiger partial charge on any atom is 0.307 e. The lowest BCUT2D eigenvalue weighted by atomic mass is 9.93. The second kappa shape index (κ2) is 13.3. The molecule has 2 heterocycles. The van der Waals surface area contributed by atoms with E-state index in [0.29, 0.717) is 43.9 Å². The molecule has 1 aliphatic carbocycles. The summed E-state index contributed by atoms with van der Waals surface area (Å²) in [6, 6.07) is 7.72. The fourth-order valence-electron chi connectivity index (χ4n) is 4.60. The number of aryl methyl sites for hydroxylation is 1. The molecule has 1 aliphatic heterocycles. The van der Waals surface area contributed by atoms with E-state index in [2.05, 4.69) is 5.10 Å². The number of Topliss-reactive ketones (excluding diaryl/α,β-unsaturated/α-hetero) is 1. The number of carbonyl (C=O) groups is 3. The average Bonchev–Trinajstić information content (AvgIpc) is 3.60. The van der Waals surface area contributed by atoms with Gasteiger partial charge in [-0.25, -0.2) is 4.39 Å². The summed E-state index contributed by atoms with van der Waals surface area (Å²) < 4.78 is 21.5. The summed E-state index contributed by atoms with van der Waals surface area (Å²) in [7, 11) is 0. The Hall–Kier alpha value is -2.49. The molecule has 7 nitrogen and oxygen atoms in total. The van der Waals surface area contributed by atoms with Crippen LogP contribution in [-0.2, 0) is 25.7 Å². The van der Waals surface area contributed by atoms with Gasteiger partial charge in [-0.05, 0) is 50.0 Å². The van der Waals surface area contributed by atoms with Crippen LogP contribution in [-0.4, -0.2) is 56.5 Å². The Morgan fingerprint density at radius 2 is 1.97 bits per heavy atom. The molecule has 0 N–H and O–H groups in total.